The van der Waals surface area contributed by atoms with E-state index in [2.05, 4.69) is 0 Å². The Balaban J connectivity index is 2.37. The van der Waals surface area contributed by atoms with Crippen LogP contribution in [-0.2, 0) is 0 Å². The SMILES string of the molecule is NCCC1CCCCN1c1c(F)cc([N+](=O)[O-])cc1F. The van der Waals surface area contributed by atoms with Gasteiger partial charge in [-0.25, -0.2) is 8.78 Å². The van der Waals surface area contributed by atoms with E-state index in [0.717, 1.165) is 31.4 Å². The number of non-ortho nitro benzene ring substituents is 1. The van der Waals surface area contributed by atoms with Crippen LogP contribution in [0.3, 0.4) is 0 Å². The average molecular weight is 285 g/mol. The van der Waals surface area contributed by atoms with E-state index in [-0.39, 0.29) is 11.7 Å². The molecule has 5 nitrogen and oxygen atoms in total. The van der Waals surface area contributed by atoms with Crippen LogP contribution in [0.1, 0.15) is 25.7 Å². The van der Waals surface area contributed by atoms with Gasteiger partial charge >= 0.3 is 0 Å². The summed E-state index contributed by atoms with van der Waals surface area (Å²) in [5.74, 6) is -1.78. The highest BCUT2D eigenvalue weighted by Crippen LogP contribution is 2.33. The number of rotatable bonds is 4. The third-order valence-corrected chi connectivity index (χ3v) is 3.63. The number of hydrogen-bond acceptors (Lipinski definition) is 4. The van der Waals surface area contributed by atoms with Gasteiger partial charge in [-0.2, -0.15) is 0 Å². The van der Waals surface area contributed by atoms with Crippen molar-refractivity contribution in [2.75, 3.05) is 18.0 Å². The zero-order valence-corrected chi connectivity index (χ0v) is 11.0. The summed E-state index contributed by atoms with van der Waals surface area (Å²) in [6.45, 7) is 0.980. The van der Waals surface area contributed by atoms with Crippen LogP contribution >= 0.6 is 0 Å². The fourth-order valence-corrected chi connectivity index (χ4v) is 2.72. The standard InChI is InChI=1S/C13H17F2N3O2/c14-11-7-10(18(19)20)8-12(15)13(11)17-6-2-1-3-9(17)4-5-16/h7-9H,1-6,16H2. The zero-order chi connectivity index (χ0) is 14.7. The molecule has 1 aromatic rings. The predicted octanol–water partition coefficient (Wildman–Crippen LogP) is 2.58. The Morgan fingerprint density at radius 1 is 1.35 bits per heavy atom. The molecule has 1 saturated heterocycles. The van der Waals surface area contributed by atoms with Gasteiger partial charge in [-0.15, -0.1) is 0 Å². The molecule has 0 saturated carbocycles. The molecule has 20 heavy (non-hydrogen) atoms. The number of nitro benzene ring substituents is 1. The molecule has 1 aromatic carbocycles. The van der Waals surface area contributed by atoms with Crippen molar-refractivity contribution in [1.82, 2.24) is 0 Å². The molecule has 0 bridgehead atoms. The minimum atomic E-state index is -0.888. The predicted molar refractivity (Wildman–Crippen MR) is 71.7 cm³/mol. The Bertz CT molecular complexity index is 485. The van der Waals surface area contributed by atoms with Gasteiger partial charge in [0.05, 0.1) is 17.1 Å². The van der Waals surface area contributed by atoms with Gasteiger partial charge in [-0.1, -0.05) is 0 Å². The van der Waals surface area contributed by atoms with Crippen molar-refractivity contribution in [3.63, 3.8) is 0 Å². The van der Waals surface area contributed by atoms with Crippen LogP contribution in [0.25, 0.3) is 0 Å². The van der Waals surface area contributed by atoms with Gasteiger partial charge in [0.25, 0.3) is 5.69 Å². The lowest BCUT2D eigenvalue weighted by Gasteiger charge is -2.37. The number of benzene rings is 1. The zero-order valence-electron chi connectivity index (χ0n) is 11.0. The number of nitro groups is 1. The van der Waals surface area contributed by atoms with Crippen molar-refractivity contribution in [3.05, 3.63) is 33.9 Å². The van der Waals surface area contributed by atoms with Crippen LogP contribution in [0.5, 0.6) is 0 Å². The molecule has 7 heteroatoms. The number of anilines is 1. The molecule has 2 rings (SSSR count). The molecule has 2 N–H and O–H groups in total. The lowest BCUT2D eigenvalue weighted by molar-refractivity contribution is -0.385. The van der Waals surface area contributed by atoms with E-state index in [0.29, 0.717) is 19.5 Å². The summed E-state index contributed by atoms with van der Waals surface area (Å²) in [5, 5.41) is 10.6. The number of halogens is 2. The molecule has 0 radical (unpaired) electrons. The lowest BCUT2D eigenvalue weighted by atomic mass is 9.98. The highest BCUT2D eigenvalue weighted by molar-refractivity contribution is 5.54. The largest absolute Gasteiger partial charge is 0.364 e. The summed E-state index contributed by atoms with van der Waals surface area (Å²) in [6, 6.07) is 1.53. The van der Waals surface area contributed by atoms with E-state index in [1.165, 1.54) is 0 Å². The van der Waals surface area contributed by atoms with Crippen LogP contribution < -0.4 is 10.6 Å². The van der Waals surface area contributed by atoms with Gasteiger partial charge in [0.1, 0.15) is 5.69 Å². The van der Waals surface area contributed by atoms with E-state index >= 15 is 0 Å². The second kappa shape index (κ2) is 6.13. The van der Waals surface area contributed by atoms with Crippen molar-refractivity contribution >= 4 is 11.4 Å². The Morgan fingerprint density at radius 2 is 2.00 bits per heavy atom. The maximum absolute atomic E-state index is 14.1. The molecule has 0 aromatic heterocycles. The van der Waals surface area contributed by atoms with Crippen LogP contribution in [0, 0.1) is 21.7 Å². The third kappa shape index (κ3) is 2.87. The Hall–Kier alpha value is -1.76. The van der Waals surface area contributed by atoms with Gasteiger partial charge in [0.15, 0.2) is 11.6 Å². The summed E-state index contributed by atoms with van der Waals surface area (Å²) < 4.78 is 28.1. The summed E-state index contributed by atoms with van der Waals surface area (Å²) in [7, 11) is 0. The number of piperidine rings is 1. The molecule has 1 aliphatic rings. The third-order valence-electron chi connectivity index (χ3n) is 3.63. The van der Waals surface area contributed by atoms with Crippen molar-refractivity contribution in [1.29, 1.82) is 0 Å². The van der Waals surface area contributed by atoms with Crippen LogP contribution in [0.4, 0.5) is 20.2 Å². The first-order valence-corrected chi connectivity index (χ1v) is 6.64. The molecule has 1 fully saturated rings. The average Bonchev–Trinajstić information content (AvgIpc) is 2.40. The normalized spacial score (nSPS) is 19.1. The fraction of sp³-hybridized carbons (Fsp3) is 0.538. The molecule has 0 spiro atoms. The highest BCUT2D eigenvalue weighted by atomic mass is 19.1. The van der Waals surface area contributed by atoms with Gasteiger partial charge < -0.3 is 10.6 Å². The maximum atomic E-state index is 14.1. The molecule has 0 amide bonds. The minimum Gasteiger partial charge on any atom is -0.364 e. The van der Waals surface area contributed by atoms with E-state index in [1.807, 2.05) is 0 Å². The topological polar surface area (TPSA) is 72.4 Å². The van der Waals surface area contributed by atoms with E-state index < -0.39 is 22.2 Å². The van der Waals surface area contributed by atoms with Crippen LogP contribution in [-0.4, -0.2) is 24.1 Å². The molecule has 0 aliphatic carbocycles. The van der Waals surface area contributed by atoms with Gasteiger partial charge in [-0.3, -0.25) is 10.1 Å². The smallest absolute Gasteiger partial charge is 0.275 e. The van der Waals surface area contributed by atoms with E-state index in [1.54, 1.807) is 4.90 Å². The highest BCUT2D eigenvalue weighted by Gasteiger charge is 2.28. The second-order valence-corrected chi connectivity index (χ2v) is 4.94. The molecule has 1 unspecified atom stereocenters. The van der Waals surface area contributed by atoms with Crippen molar-refractivity contribution < 1.29 is 13.7 Å². The Kier molecular flexibility index (Phi) is 4.49. The van der Waals surface area contributed by atoms with Crippen LogP contribution in [0.15, 0.2) is 12.1 Å². The second-order valence-electron chi connectivity index (χ2n) is 4.94. The fourth-order valence-electron chi connectivity index (χ4n) is 2.72. The van der Waals surface area contributed by atoms with E-state index in [4.69, 9.17) is 5.73 Å². The quantitative estimate of drug-likeness (QED) is 0.681. The molecule has 110 valence electrons. The number of nitrogens with zero attached hydrogens (tertiary/aromatic N) is 2. The van der Waals surface area contributed by atoms with Crippen molar-refractivity contribution in [2.45, 2.75) is 31.7 Å². The number of hydrogen-bond donors (Lipinski definition) is 1. The number of nitrogens with two attached hydrogens (primary N) is 1. The Labute approximate surface area is 115 Å². The first kappa shape index (κ1) is 14.6. The summed E-state index contributed by atoms with van der Waals surface area (Å²) >= 11 is 0. The molecule has 1 atom stereocenters. The molecular weight excluding hydrogens is 268 g/mol. The monoisotopic (exact) mass is 285 g/mol. The maximum Gasteiger partial charge on any atom is 0.275 e. The van der Waals surface area contributed by atoms with Gasteiger partial charge in [0, 0.05) is 12.6 Å². The lowest BCUT2D eigenvalue weighted by Crippen LogP contribution is -2.41. The molecule has 1 aliphatic heterocycles. The summed E-state index contributed by atoms with van der Waals surface area (Å²) in [4.78, 5) is 11.5. The van der Waals surface area contributed by atoms with Crippen LogP contribution in [0.2, 0.25) is 0 Å². The van der Waals surface area contributed by atoms with Gasteiger partial charge in [-0.05, 0) is 32.2 Å². The molecule has 1 heterocycles. The molecular formula is C13H17F2N3O2. The van der Waals surface area contributed by atoms with E-state index in [9.17, 15) is 18.9 Å². The summed E-state index contributed by atoms with van der Waals surface area (Å²) in [6.07, 6.45) is 3.32. The van der Waals surface area contributed by atoms with Crippen molar-refractivity contribution in [3.8, 4) is 0 Å². The van der Waals surface area contributed by atoms with Crippen molar-refractivity contribution in [2.24, 2.45) is 5.73 Å². The summed E-state index contributed by atoms with van der Waals surface area (Å²) in [5.41, 5.74) is 4.79. The first-order valence-electron chi connectivity index (χ1n) is 6.64. The first-order chi connectivity index (χ1) is 9.54. The minimum absolute atomic E-state index is 0.0146. The van der Waals surface area contributed by atoms with Gasteiger partial charge in [0.2, 0.25) is 0 Å². The Morgan fingerprint density at radius 3 is 2.55 bits per heavy atom.